The van der Waals surface area contributed by atoms with Crippen LogP contribution in [0.5, 0.6) is 0 Å². The summed E-state index contributed by atoms with van der Waals surface area (Å²) < 4.78 is 26.4. The van der Waals surface area contributed by atoms with Crippen LogP contribution in [-0.4, -0.2) is 13.4 Å². The second-order valence-corrected chi connectivity index (χ2v) is 5.35. The third-order valence-electron chi connectivity index (χ3n) is 2.36. The Morgan fingerprint density at radius 2 is 2.05 bits per heavy atom. The monoisotopic (exact) mass is 274 g/mol. The second-order valence-electron chi connectivity index (χ2n) is 3.70. The molecule has 0 aliphatic carbocycles. The molecule has 0 spiro atoms. The number of aromatic amines is 1. The van der Waals surface area contributed by atoms with Gasteiger partial charge in [0.1, 0.15) is 0 Å². The molecule has 0 amide bonds. The average molecular weight is 274 g/mol. The van der Waals surface area contributed by atoms with Gasteiger partial charge in [0.15, 0.2) is 4.90 Å². The predicted octanol–water partition coefficient (Wildman–Crippen LogP) is 1.16. The van der Waals surface area contributed by atoms with Gasteiger partial charge in [-0.25, -0.2) is 8.42 Å². The number of benzene rings is 1. The zero-order valence-electron chi connectivity index (χ0n) is 9.75. The van der Waals surface area contributed by atoms with Crippen molar-refractivity contribution >= 4 is 15.7 Å². The van der Waals surface area contributed by atoms with Crippen molar-refractivity contribution in [2.45, 2.75) is 4.90 Å². The molecular weight excluding hydrogens is 264 g/mol. The molecule has 0 aliphatic rings. The number of H-pyrrole nitrogens is 1. The van der Waals surface area contributed by atoms with Gasteiger partial charge in [-0.05, 0) is 18.2 Å². The molecule has 0 saturated carbocycles. The first-order valence-electron chi connectivity index (χ1n) is 5.29. The molecule has 1 aromatic carbocycles. The minimum absolute atomic E-state index is 0.304. The van der Waals surface area contributed by atoms with Crippen molar-refractivity contribution in [1.82, 2.24) is 4.98 Å². The Morgan fingerprint density at radius 1 is 1.26 bits per heavy atom. The quantitative estimate of drug-likeness (QED) is 0.824. The first kappa shape index (κ1) is 12.9. The fraction of sp³-hybridized carbons (Fsp3) is 0. The Labute approximate surface area is 110 Å². The van der Waals surface area contributed by atoms with Crippen LogP contribution >= 0.6 is 0 Å². The first-order valence-corrected chi connectivity index (χ1v) is 6.78. The Hall–Kier alpha value is -2.52. The summed E-state index contributed by atoms with van der Waals surface area (Å²) in [4.78, 5) is 13.7. The van der Waals surface area contributed by atoms with Crippen LogP contribution in [0.4, 0.5) is 5.69 Å². The lowest BCUT2D eigenvalue weighted by Crippen LogP contribution is -2.20. The Kier molecular flexibility index (Phi) is 3.40. The van der Waals surface area contributed by atoms with Crippen LogP contribution in [0.3, 0.4) is 0 Å². The van der Waals surface area contributed by atoms with Gasteiger partial charge >= 0.3 is 0 Å². The lowest BCUT2D eigenvalue weighted by molar-refractivity contribution is 0.600. The molecule has 0 aliphatic heterocycles. The maximum absolute atomic E-state index is 12.0. The predicted molar refractivity (Wildman–Crippen MR) is 72.2 cm³/mol. The number of hydrogen-bond acceptors (Lipinski definition) is 3. The van der Waals surface area contributed by atoms with Gasteiger partial charge in [-0.15, -0.1) is 6.42 Å². The Morgan fingerprint density at radius 3 is 2.74 bits per heavy atom. The molecule has 0 fully saturated rings. The molecule has 0 radical (unpaired) electrons. The number of anilines is 1. The van der Waals surface area contributed by atoms with E-state index in [9.17, 15) is 13.2 Å². The van der Waals surface area contributed by atoms with Gasteiger partial charge in [-0.2, -0.15) is 0 Å². The molecule has 1 heterocycles. The Balaban J connectivity index is 2.40. The molecule has 5 nitrogen and oxygen atoms in total. The molecule has 2 N–H and O–H groups in total. The topological polar surface area (TPSA) is 79.0 Å². The highest BCUT2D eigenvalue weighted by Gasteiger charge is 2.17. The zero-order valence-corrected chi connectivity index (χ0v) is 10.6. The summed E-state index contributed by atoms with van der Waals surface area (Å²) in [6.07, 6.45) is 7.73. The Bertz CT molecular complexity index is 801. The van der Waals surface area contributed by atoms with E-state index < -0.39 is 15.5 Å². The normalized spacial score (nSPS) is 10.7. The number of terminal acetylenes is 1. The molecule has 19 heavy (non-hydrogen) atoms. The van der Waals surface area contributed by atoms with Crippen molar-refractivity contribution in [2.75, 3.05) is 4.72 Å². The number of rotatable bonds is 3. The van der Waals surface area contributed by atoms with E-state index in [4.69, 9.17) is 6.42 Å². The van der Waals surface area contributed by atoms with E-state index in [1.165, 1.54) is 12.3 Å². The van der Waals surface area contributed by atoms with Gasteiger partial charge < -0.3 is 4.98 Å². The van der Waals surface area contributed by atoms with Crippen molar-refractivity contribution in [2.24, 2.45) is 0 Å². The largest absolute Gasteiger partial charge is 0.366 e. The summed E-state index contributed by atoms with van der Waals surface area (Å²) in [7, 11) is -3.93. The van der Waals surface area contributed by atoms with Crippen LogP contribution in [0.15, 0.2) is 52.4 Å². The van der Waals surface area contributed by atoms with Gasteiger partial charge in [0.25, 0.3) is 10.0 Å². The minimum atomic E-state index is -3.93. The van der Waals surface area contributed by atoms with Gasteiger partial charge in [0.05, 0.1) is 5.69 Å². The fourth-order valence-electron chi connectivity index (χ4n) is 1.49. The molecule has 96 valence electrons. The SMILES string of the molecule is C#Cc1cccc(NS(=O)(=O)c2c[nH]ccc2=O)c1. The third-order valence-corrected chi connectivity index (χ3v) is 3.76. The van der Waals surface area contributed by atoms with Crippen molar-refractivity contribution in [3.63, 3.8) is 0 Å². The van der Waals surface area contributed by atoms with Crippen LogP contribution in [0.1, 0.15) is 5.56 Å². The van der Waals surface area contributed by atoms with Crippen molar-refractivity contribution in [3.8, 4) is 12.3 Å². The molecular formula is C13H10N2O3S. The average Bonchev–Trinajstić information content (AvgIpc) is 2.38. The fourth-order valence-corrected chi connectivity index (χ4v) is 2.60. The van der Waals surface area contributed by atoms with Crippen molar-refractivity contribution in [1.29, 1.82) is 0 Å². The summed E-state index contributed by atoms with van der Waals surface area (Å²) >= 11 is 0. The molecule has 0 bridgehead atoms. The third kappa shape index (κ3) is 2.84. The molecule has 1 aromatic heterocycles. The smallest absolute Gasteiger partial charge is 0.267 e. The van der Waals surface area contributed by atoms with Crippen LogP contribution in [-0.2, 0) is 10.0 Å². The van der Waals surface area contributed by atoms with Crippen LogP contribution in [0.25, 0.3) is 0 Å². The maximum atomic E-state index is 12.0. The highest BCUT2D eigenvalue weighted by Crippen LogP contribution is 2.14. The molecule has 2 aromatic rings. The van der Waals surface area contributed by atoms with Gasteiger partial charge in [-0.3, -0.25) is 9.52 Å². The molecule has 0 saturated heterocycles. The maximum Gasteiger partial charge on any atom is 0.267 e. The van der Waals surface area contributed by atoms with E-state index in [-0.39, 0.29) is 4.90 Å². The lowest BCUT2D eigenvalue weighted by Gasteiger charge is -2.07. The lowest BCUT2D eigenvalue weighted by atomic mass is 10.2. The molecule has 6 heteroatoms. The summed E-state index contributed by atoms with van der Waals surface area (Å²) in [5.74, 6) is 2.40. The number of pyridine rings is 1. The number of sulfonamides is 1. The molecule has 0 unspecified atom stereocenters. The number of aromatic nitrogens is 1. The highest BCUT2D eigenvalue weighted by molar-refractivity contribution is 7.92. The van der Waals surface area contributed by atoms with Gasteiger partial charge in [0.2, 0.25) is 5.43 Å². The summed E-state index contributed by atoms with van der Waals surface area (Å²) in [5, 5.41) is 0. The van der Waals surface area contributed by atoms with E-state index >= 15 is 0 Å². The van der Waals surface area contributed by atoms with Gasteiger partial charge in [-0.1, -0.05) is 12.0 Å². The van der Waals surface area contributed by atoms with Crippen LogP contribution in [0, 0.1) is 12.3 Å². The van der Waals surface area contributed by atoms with Gasteiger partial charge in [0, 0.05) is 24.0 Å². The van der Waals surface area contributed by atoms with Crippen LogP contribution in [0.2, 0.25) is 0 Å². The second kappa shape index (κ2) is 5.00. The number of nitrogens with one attached hydrogen (secondary N) is 2. The summed E-state index contributed by atoms with van der Waals surface area (Å²) in [6, 6.07) is 7.51. The molecule has 0 atom stereocenters. The van der Waals surface area contributed by atoms with Crippen molar-refractivity contribution < 1.29 is 8.42 Å². The summed E-state index contributed by atoms with van der Waals surface area (Å²) in [5.41, 5.74) is 0.264. The van der Waals surface area contributed by atoms with Crippen molar-refractivity contribution in [3.05, 3.63) is 58.5 Å². The van der Waals surface area contributed by atoms with E-state index in [1.807, 2.05) is 0 Å². The minimum Gasteiger partial charge on any atom is -0.366 e. The standard InChI is InChI=1S/C13H10N2O3S/c1-2-10-4-3-5-11(8-10)15-19(17,18)13-9-14-7-6-12(13)16/h1,3-9,15H,(H,14,16). The molecule has 2 rings (SSSR count). The van der Waals surface area contributed by atoms with E-state index in [2.05, 4.69) is 15.6 Å². The highest BCUT2D eigenvalue weighted by atomic mass is 32.2. The summed E-state index contributed by atoms with van der Waals surface area (Å²) in [6.45, 7) is 0. The number of hydrogen-bond donors (Lipinski definition) is 2. The first-order chi connectivity index (χ1) is 9.03. The van der Waals surface area contributed by atoms with E-state index in [1.54, 1.807) is 18.2 Å². The van der Waals surface area contributed by atoms with E-state index in [0.717, 1.165) is 12.3 Å². The zero-order chi connectivity index (χ0) is 13.9. The van der Waals surface area contributed by atoms with E-state index in [0.29, 0.717) is 11.3 Å². The van der Waals surface area contributed by atoms with Crippen LogP contribution < -0.4 is 10.2 Å².